The van der Waals surface area contributed by atoms with Gasteiger partial charge in [0.15, 0.2) is 0 Å². The molecule has 2 aliphatic rings. The van der Waals surface area contributed by atoms with Crippen molar-refractivity contribution in [3.8, 4) is 0 Å². The maximum atomic E-state index is 12.8. The average molecular weight is 291 g/mol. The fourth-order valence-electron chi connectivity index (χ4n) is 2.93. The Morgan fingerprint density at radius 2 is 2.05 bits per heavy atom. The Labute approximate surface area is 123 Å². The summed E-state index contributed by atoms with van der Waals surface area (Å²) in [5, 5.41) is 2.91. The first kappa shape index (κ1) is 14.1. The Kier molecular flexibility index (Phi) is 3.07. The minimum absolute atomic E-state index is 0.0365. The number of aryl methyl sites for hydroxylation is 2. The second kappa shape index (κ2) is 4.58. The van der Waals surface area contributed by atoms with Crippen LogP contribution in [0, 0.1) is 19.8 Å². The van der Waals surface area contributed by atoms with Crippen LogP contribution in [0.25, 0.3) is 0 Å². The predicted molar refractivity (Wildman–Crippen MR) is 75.3 cm³/mol. The van der Waals surface area contributed by atoms with Gasteiger partial charge < -0.3 is 14.6 Å². The van der Waals surface area contributed by atoms with E-state index in [-0.39, 0.29) is 24.3 Å². The number of carbonyl (C=O) groups excluding carboxylic acids is 2. The quantitative estimate of drug-likeness (QED) is 0.911. The highest BCUT2D eigenvalue weighted by molar-refractivity contribution is 5.99. The highest BCUT2D eigenvalue weighted by atomic mass is 16.4. The van der Waals surface area contributed by atoms with Gasteiger partial charge in [0.1, 0.15) is 17.3 Å². The first-order chi connectivity index (χ1) is 9.83. The smallest absolute Gasteiger partial charge is 0.249 e. The highest BCUT2D eigenvalue weighted by Gasteiger charge is 2.54. The lowest BCUT2D eigenvalue weighted by Crippen LogP contribution is -2.69. The average Bonchev–Trinajstić information content (AvgIpc) is 3.21. The minimum Gasteiger partial charge on any atom is -0.444 e. The zero-order chi connectivity index (χ0) is 15.4. The molecule has 0 radical (unpaired) electrons. The van der Waals surface area contributed by atoms with Gasteiger partial charge in [0.2, 0.25) is 17.7 Å². The zero-order valence-corrected chi connectivity index (χ0v) is 12.9. The van der Waals surface area contributed by atoms with Crippen molar-refractivity contribution in [2.45, 2.75) is 58.7 Å². The fourth-order valence-corrected chi connectivity index (χ4v) is 2.93. The molecular formula is C15H21N3O3. The number of nitrogens with one attached hydrogen (secondary N) is 1. The third-order valence-corrected chi connectivity index (χ3v) is 4.71. The maximum absolute atomic E-state index is 12.8. The molecule has 0 aromatic carbocycles. The van der Waals surface area contributed by atoms with Crippen LogP contribution in [0.4, 0.5) is 0 Å². The number of nitrogens with zero attached hydrogens (tertiary/aromatic N) is 2. The molecule has 0 spiro atoms. The molecule has 1 N–H and O–H groups in total. The summed E-state index contributed by atoms with van der Waals surface area (Å²) in [5.41, 5.74) is 0.0387. The van der Waals surface area contributed by atoms with Crippen molar-refractivity contribution in [2.75, 3.05) is 0 Å². The third-order valence-electron chi connectivity index (χ3n) is 4.71. The van der Waals surface area contributed by atoms with E-state index in [1.54, 1.807) is 11.8 Å². The van der Waals surface area contributed by atoms with Crippen LogP contribution in [0.3, 0.4) is 0 Å². The van der Waals surface area contributed by atoms with Gasteiger partial charge in [-0.15, -0.1) is 0 Å². The van der Waals surface area contributed by atoms with Gasteiger partial charge in [-0.05, 0) is 46.5 Å². The van der Waals surface area contributed by atoms with Gasteiger partial charge in [0.25, 0.3) is 0 Å². The molecule has 1 saturated heterocycles. The molecule has 6 heteroatoms. The molecule has 1 saturated carbocycles. The van der Waals surface area contributed by atoms with Crippen LogP contribution in [-0.4, -0.2) is 33.3 Å². The summed E-state index contributed by atoms with van der Waals surface area (Å²) >= 11 is 0. The van der Waals surface area contributed by atoms with E-state index >= 15 is 0 Å². The van der Waals surface area contributed by atoms with Gasteiger partial charge in [0.05, 0.1) is 12.2 Å². The van der Waals surface area contributed by atoms with Crippen LogP contribution in [0.5, 0.6) is 0 Å². The molecule has 6 nitrogen and oxygen atoms in total. The number of carbonyl (C=O) groups is 2. The minimum atomic E-state index is -0.778. The zero-order valence-electron chi connectivity index (χ0n) is 12.9. The molecule has 3 rings (SSSR count). The number of rotatable bonds is 3. The van der Waals surface area contributed by atoms with E-state index < -0.39 is 11.6 Å². The Balaban J connectivity index is 1.87. The summed E-state index contributed by atoms with van der Waals surface area (Å²) in [6.45, 7) is 7.52. The SMILES string of the molecule is Cc1nc(CN2C(=O)C(C)(C3CC3)NC(=O)C2C)oc1C. The Bertz CT molecular complexity index is 586. The van der Waals surface area contributed by atoms with E-state index in [0.29, 0.717) is 5.89 Å². The van der Waals surface area contributed by atoms with E-state index in [9.17, 15) is 9.59 Å². The molecule has 2 atom stereocenters. The van der Waals surface area contributed by atoms with Crippen LogP contribution >= 0.6 is 0 Å². The molecule has 2 fully saturated rings. The highest BCUT2D eigenvalue weighted by Crippen LogP contribution is 2.42. The summed E-state index contributed by atoms with van der Waals surface area (Å²) in [4.78, 5) is 30.9. The summed E-state index contributed by atoms with van der Waals surface area (Å²) < 4.78 is 5.56. The summed E-state index contributed by atoms with van der Waals surface area (Å²) in [7, 11) is 0. The van der Waals surface area contributed by atoms with Gasteiger partial charge in [-0.3, -0.25) is 9.59 Å². The molecular weight excluding hydrogens is 270 g/mol. The van der Waals surface area contributed by atoms with Crippen LogP contribution < -0.4 is 5.32 Å². The Hall–Kier alpha value is -1.85. The van der Waals surface area contributed by atoms with Crippen molar-refractivity contribution in [3.05, 3.63) is 17.3 Å². The Morgan fingerprint density at radius 1 is 1.38 bits per heavy atom. The summed E-state index contributed by atoms with van der Waals surface area (Å²) in [6, 6.07) is -0.503. The first-order valence-electron chi connectivity index (χ1n) is 7.39. The number of aromatic nitrogens is 1. The number of piperazine rings is 1. The molecule has 1 aliphatic carbocycles. The number of amides is 2. The lowest BCUT2D eigenvalue weighted by atomic mass is 9.89. The van der Waals surface area contributed by atoms with Crippen molar-refractivity contribution >= 4 is 11.8 Å². The van der Waals surface area contributed by atoms with Crippen molar-refractivity contribution in [1.29, 1.82) is 0 Å². The molecule has 1 aliphatic heterocycles. The third kappa shape index (κ3) is 2.22. The number of hydrogen-bond acceptors (Lipinski definition) is 4. The van der Waals surface area contributed by atoms with Crippen molar-refractivity contribution in [1.82, 2.24) is 15.2 Å². The second-order valence-electron chi connectivity index (χ2n) is 6.32. The van der Waals surface area contributed by atoms with E-state index in [4.69, 9.17) is 4.42 Å². The van der Waals surface area contributed by atoms with E-state index in [0.717, 1.165) is 24.3 Å². The molecule has 114 valence electrons. The fraction of sp³-hybridized carbons (Fsp3) is 0.667. The first-order valence-corrected chi connectivity index (χ1v) is 7.39. The molecule has 2 unspecified atom stereocenters. The van der Waals surface area contributed by atoms with E-state index in [1.807, 2.05) is 20.8 Å². The summed E-state index contributed by atoms with van der Waals surface area (Å²) in [5.74, 6) is 1.33. The maximum Gasteiger partial charge on any atom is 0.249 e. The lowest BCUT2D eigenvalue weighted by molar-refractivity contribution is -0.155. The van der Waals surface area contributed by atoms with Crippen molar-refractivity contribution < 1.29 is 14.0 Å². The predicted octanol–water partition coefficient (Wildman–Crippen LogP) is 1.31. The van der Waals surface area contributed by atoms with Crippen molar-refractivity contribution in [2.24, 2.45) is 5.92 Å². The second-order valence-corrected chi connectivity index (χ2v) is 6.32. The van der Waals surface area contributed by atoms with E-state index in [1.165, 1.54) is 0 Å². The largest absolute Gasteiger partial charge is 0.444 e. The van der Waals surface area contributed by atoms with E-state index in [2.05, 4.69) is 10.3 Å². The topological polar surface area (TPSA) is 75.4 Å². The van der Waals surface area contributed by atoms with Crippen LogP contribution in [0.2, 0.25) is 0 Å². The van der Waals surface area contributed by atoms with Crippen LogP contribution in [0.15, 0.2) is 4.42 Å². The van der Waals surface area contributed by atoms with Gasteiger partial charge >= 0.3 is 0 Å². The molecule has 21 heavy (non-hydrogen) atoms. The van der Waals surface area contributed by atoms with Gasteiger partial charge in [-0.2, -0.15) is 0 Å². The van der Waals surface area contributed by atoms with Gasteiger partial charge in [-0.1, -0.05) is 0 Å². The van der Waals surface area contributed by atoms with Crippen molar-refractivity contribution in [3.63, 3.8) is 0 Å². The summed E-state index contributed by atoms with van der Waals surface area (Å²) in [6.07, 6.45) is 1.98. The molecule has 0 bridgehead atoms. The lowest BCUT2D eigenvalue weighted by Gasteiger charge is -2.43. The molecule has 2 heterocycles. The number of hydrogen-bond donors (Lipinski definition) is 1. The van der Waals surface area contributed by atoms with Gasteiger partial charge in [0, 0.05) is 0 Å². The number of oxazole rings is 1. The Morgan fingerprint density at radius 3 is 2.57 bits per heavy atom. The van der Waals surface area contributed by atoms with Gasteiger partial charge in [-0.25, -0.2) is 4.98 Å². The van der Waals surface area contributed by atoms with Crippen LogP contribution in [-0.2, 0) is 16.1 Å². The van der Waals surface area contributed by atoms with Crippen LogP contribution in [0.1, 0.15) is 44.0 Å². The normalized spacial score (nSPS) is 29.7. The monoisotopic (exact) mass is 291 g/mol. The molecule has 2 amide bonds. The molecule has 1 aromatic rings. The standard InChI is InChI=1S/C15H21N3O3/c1-8-10(3)21-12(16-8)7-18-9(2)13(19)17-15(4,14(18)20)11-5-6-11/h9,11H,5-7H2,1-4H3,(H,17,19). The molecule has 1 aromatic heterocycles.